The van der Waals surface area contributed by atoms with Crippen molar-refractivity contribution in [3.8, 4) is 5.75 Å². The van der Waals surface area contributed by atoms with Crippen LogP contribution in [0.4, 0.5) is 0 Å². The lowest BCUT2D eigenvalue weighted by molar-refractivity contribution is 0.0320. The second-order valence-corrected chi connectivity index (χ2v) is 5.42. The predicted molar refractivity (Wildman–Crippen MR) is 83.4 cm³/mol. The maximum atomic E-state index is 6.35. The van der Waals surface area contributed by atoms with Crippen LogP contribution in [-0.4, -0.2) is 13.7 Å². The first-order valence-electron chi connectivity index (χ1n) is 7.37. The molecule has 3 nitrogen and oxygen atoms in total. The number of fused-ring (bicyclic) bond motifs is 1. The molecule has 0 spiro atoms. The molecule has 2 aromatic rings. The molecule has 21 heavy (non-hydrogen) atoms. The second-order valence-electron chi connectivity index (χ2n) is 5.42. The molecule has 0 amide bonds. The standard InChI is InChI=1S/C18H21NO2/c1-20-15-8-6-14(7-9-15)17(19)12-18-16-5-3-2-4-13(16)10-11-21-18/h2-9,17-18H,10-12,19H2,1H3. The lowest BCUT2D eigenvalue weighted by Gasteiger charge is -2.28. The van der Waals surface area contributed by atoms with Crippen LogP contribution in [0.5, 0.6) is 5.75 Å². The predicted octanol–water partition coefficient (Wildman–Crippen LogP) is 3.40. The van der Waals surface area contributed by atoms with E-state index in [-0.39, 0.29) is 12.1 Å². The number of benzene rings is 2. The van der Waals surface area contributed by atoms with Crippen molar-refractivity contribution < 1.29 is 9.47 Å². The van der Waals surface area contributed by atoms with Crippen molar-refractivity contribution in [2.75, 3.05) is 13.7 Å². The Morgan fingerprint density at radius 1 is 1.19 bits per heavy atom. The van der Waals surface area contributed by atoms with E-state index in [1.54, 1.807) is 7.11 Å². The van der Waals surface area contributed by atoms with Gasteiger partial charge in [0.25, 0.3) is 0 Å². The van der Waals surface area contributed by atoms with Crippen molar-refractivity contribution in [2.24, 2.45) is 5.73 Å². The van der Waals surface area contributed by atoms with Gasteiger partial charge in [0.15, 0.2) is 0 Å². The first-order chi connectivity index (χ1) is 10.3. The molecule has 110 valence electrons. The van der Waals surface area contributed by atoms with Crippen molar-refractivity contribution in [1.29, 1.82) is 0 Å². The van der Waals surface area contributed by atoms with E-state index in [4.69, 9.17) is 15.2 Å². The molecule has 0 saturated carbocycles. The Morgan fingerprint density at radius 3 is 2.71 bits per heavy atom. The van der Waals surface area contributed by atoms with Gasteiger partial charge in [0.2, 0.25) is 0 Å². The van der Waals surface area contributed by atoms with Gasteiger partial charge < -0.3 is 15.2 Å². The number of hydrogen-bond acceptors (Lipinski definition) is 3. The summed E-state index contributed by atoms with van der Waals surface area (Å²) in [4.78, 5) is 0. The summed E-state index contributed by atoms with van der Waals surface area (Å²) in [5.74, 6) is 0.852. The molecular formula is C18H21NO2. The average Bonchev–Trinajstić information content (AvgIpc) is 2.55. The quantitative estimate of drug-likeness (QED) is 0.935. The van der Waals surface area contributed by atoms with Crippen molar-refractivity contribution in [2.45, 2.75) is 25.0 Å². The number of ether oxygens (including phenoxy) is 2. The normalized spacial score (nSPS) is 18.9. The highest BCUT2D eigenvalue weighted by atomic mass is 16.5. The van der Waals surface area contributed by atoms with Gasteiger partial charge in [-0.25, -0.2) is 0 Å². The molecule has 3 heteroatoms. The Balaban J connectivity index is 1.74. The number of rotatable bonds is 4. The van der Waals surface area contributed by atoms with Crippen molar-refractivity contribution >= 4 is 0 Å². The molecule has 1 aliphatic rings. The fourth-order valence-electron chi connectivity index (χ4n) is 2.89. The zero-order chi connectivity index (χ0) is 14.7. The highest BCUT2D eigenvalue weighted by Crippen LogP contribution is 2.33. The monoisotopic (exact) mass is 283 g/mol. The van der Waals surface area contributed by atoms with E-state index in [1.807, 2.05) is 24.3 Å². The molecule has 3 rings (SSSR count). The van der Waals surface area contributed by atoms with Crippen LogP contribution in [0.25, 0.3) is 0 Å². The van der Waals surface area contributed by atoms with E-state index in [0.717, 1.165) is 30.8 Å². The Bertz CT molecular complexity index is 594. The Kier molecular flexibility index (Phi) is 4.23. The molecule has 2 atom stereocenters. The number of nitrogens with two attached hydrogens (primary N) is 1. The SMILES string of the molecule is COc1ccc(C(N)CC2OCCc3ccccc32)cc1. The first kappa shape index (κ1) is 14.1. The Hall–Kier alpha value is -1.84. The zero-order valence-corrected chi connectivity index (χ0v) is 12.3. The molecule has 2 unspecified atom stereocenters. The third-order valence-electron chi connectivity index (χ3n) is 4.10. The molecule has 1 heterocycles. The fourth-order valence-corrected chi connectivity index (χ4v) is 2.89. The largest absolute Gasteiger partial charge is 0.497 e. The van der Waals surface area contributed by atoms with Gasteiger partial charge in [0.1, 0.15) is 5.75 Å². The van der Waals surface area contributed by atoms with E-state index in [9.17, 15) is 0 Å². The maximum absolute atomic E-state index is 6.35. The van der Waals surface area contributed by atoms with Crippen LogP contribution in [0.2, 0.25) is 0 Å². The summed E-state index contributed by atoms with van der Waals surface area (Å²) < 4.78 is 11.1. The molecule has 2 N–H and O–H groups in total. The van der Waals surface area contributed by atoms with E-state index in [1.165, 1.54) is 11.1 Å². The fraction of sp³-hybridized carbons (Fsp3) is 0.333. The minimum atomic E-state index is -0.0351. The summed E-state index contributed by atoms with van der Waals surface area (Å²) >= 11 is 0. The summed E-state index contributed by atoms with van der Waals surface area (Å²) in [6.45, 7) is 0.775. The Morgan fingerprint density at radius 2 is 1.95 bits per heavy atom. The molecular weight excluding hydrogens is 262 g/mol. The zero-order valence-electron chi connectivity index (χ0n) is 12.3. The van der Waals surface area contributed by atoms with Gasteiger partial charge in [0, 0.05) is 6.04 Å². The van der Waals surface area contributed by atoms with Gasteiger partial charge in [-0.1, -0.05) is 36.4 Å². The van der Waals surface area contributed by atoms with E-state index < -0.39 is 0 Å². The van der Waals surface area contributed by atoms with Gasteiger partial charge in [-0.2, -0.15) is 0 Å². The molecule has 0 radical (unpaired) electrons. The lowest BCUT2D eigenvalue weighted by Crippen LogP contribution is -2.21. The molecule has 0 aliphatic carbocycles. The lowest BCUT2D eigenvalue weighted by atomic mass is 9.92. The van der Waals surface area contributed by atoms with Gasteiger partial charge >= 0.3 is 0 Å². The van der Waals surface area contributed by atoms with Gasteiger partial charge in [0.05, 0.1) is 19.8 Å². The topological polar surface area (TPSA) is 44.5 Å². The van der Waals surface area contributed by atoms with Crippen LogP contribution < -0.4 is 10.5 Å². The molecule has 0 fully saturated rings. The number of hydrogen-bond donors (Lipinski definition) is 1. The van der Waals surface area contributed by atoms with Crippen LogP contribution in [-0.2, 0) is 11.2 Å². The molecule has 0 bridgehead atoms. The third-order valence-corrected chi connectivity index (χ3v) is 4.10. The smallest absolute Gasteiger partial charge is 0.118 e. The molecule has 0 aromatic heterocycles. The minimum Gasteiger partial charge on any atom is -0.497 e. The summed E-state index contributed by atoms with van der Waals surface area (Å²) in [6.07, 6.45) is 1.88. The highest BCUT2D eigenvalue weighted by molar-refractivity contribution is 5.32. The van der Waals surface area contributed by atoms with Crippen LogP contribution in [0.15, 0.2) is 48.5 Å². The third kappa shape index (κ3) is 3.09. The summed E-state index contributed by atoms with van der Waals surface area (Å²) in [5.41, 5.74) is 10.1. The average molecular weight is 283 g/mol. The van der Waals surface area contributed by atoms with Crippen molar-refractivity contribution in [1.82, 2.24) is 0 Å². The molecule has 2 aromatic carbocycles. The van der Waals surface area contributed by atoms with Crippen LogP contribution in [0.3, 0.4) is 0 Å². The van der Waals surface area contributed by atoms with E-state index >= 15 is 0 Å². The first-order valence-corrected chi connectivity index (χ1v) is 7.37. The summed E-state index contributed by atoms with van der Waals surface area (Å²) in [7, 11) is 1.67. The van der Waals surface area contributed by atoms with Gasteiger partial charge in [-0.15, -0.1) is 0 Å². The van der Waals surface area contributed by atoms with Crippen LogP contribution in [0.1, 0.15) is 35.3 Å². The van der Waals surface area contributed by atoms with Crippen LogP contribution >= 0.6 is 0 Å². The van der Waals surface area contributed by atoms with Crippen molar-refractivity contribution in [3.63, 3.8) is 0 Å². The molecule has 0 saturated heterocycles. The van der Waals surface area contributed by atoms with Crippen LogP contribution in [0, 0.1) is 0 Å². The van der Waals surface area contributed by atoms with E-state index in [2.05, 4.69) is 24.3 Å². The van der Waals surface area contributed by atoms with Crippen molar-refractivity contribution in [3.05, 3.63) is 65.2 Å². The summed E-state index contributed by atoms with van der Waals surface area (Å²) in [5, 5.41) is 0. The maximum Gasteiger partial charge on any atom is 0.118 e. The second kappa shape index (κ2) is 6.29. The minimum absolute atomic E-state index is 0.0351. The number of methoxy groups -OCH3 is 1. The van der Waals surface area contributed by atoms with E-state index in [0.29, 0.717) is 0 Å². The highest BCUT2D eigenvalue weighted by Gasteiger charge is 2.23. The Labute approximate surface area is 125 Å². The van der Waals surface area contributed by atoms with Gasteiger partial charge in [-0.3, -0.25) is 0 Å². The van der Waals surface area contributed by atoms with Gasteiger partial charge in [-0.05, 0) is 41.7 Å². The summed E-state index contributed by atoms with van der Waals surface area (Å²) in [6, 6.07) is 16.4. The molecule has 1 aliphatic heterocycles.